The highest BCUT2D eigenvalue weighted by Crippen LogP contribution is 2.27. The Morgan fingerprint density at radius 1 is 1.21 bits per heavy atom. The Morgan fingerprint density at radius 2 is 1.96 bits per heavy atom. The third kappa shape index (κ3) is 4.80. The summed E-state index contributed by atoms with van der Waals surface area (Å²) in [7, 11) is 1.38. The Labute approximate surface area is 141 Å². The number of esters is 1. The molecule has 2 aromatic carbocycles. The maximum absolute atomic E-state index is 13.7. The molecule has 2 aromatic rings. The monoisotopic (exact) mass is 331 g/mol. The molecule has 0 aliphatic carbocycles. The van der Waals surface area contributed by atoms with Gasteiger partial charge < -0.3 is 15.2 Å². The van der Waals surface area contributed by atoms with E-state index in [4.69, 9.17) is 10.5 Å². The molecule has 0 radical (unpaired) electrons. The molecule has 0 saturated carbocycles. The van der Waals surface area contributed by atoms with Crippen molar-refractivity contribution in [2.45, 2.75) is 32.7 Å². The summed E-state index contributed by atoms with van der Waals surface area (Å²) in [5.41, 5.74) is 8.52. The Balaban J connectivity index is 2.13. The van der Waals surface area contributed by atoms with E-state index in [9.17, 15) is 9.18 Å². The molecular formula is C19H22FNO3. The summed E-state index contributed by atoms with van der Waals surface area (Å²) in [6.45, 7) is 3.73. The van der Waals surface area contributed by atoms with Crippen LogP contribution in [-0.2, 0) is 16.0 Å². The van der Waals surface area contributed by atoms with Crippen LogP contribution in [0.25, 0.3) is 0 Å². The minimum Gasteiger partial charge on any atom is -0.469 e. The van der Waals surface area contributed by atoms with Crippen molar-refractivity contribution in [3.63, 3.8) is 0 Å². The highest BCUT2D eigenvalue weighted by Gasteiger charge is 2.08. The van der Waals surface area contributed by atoms with Crippen molar-refractivity contribution in [1.82, 2.24) is 0 Å². The number of carbonyl (C=O) groups is 1. The quantitative estimate of drug-likeness (QED) is 0.811. The van der Waals surface area contributed by atoms with Crippen LogP contribution in [0.1, 0.15) is 36.1 Å². The normalized spacial score (nSPS) is 11.9. The van der Waals surface area contributed by atoms with Gasteiger partial charge in [0.2, 0.25) is 0 Å². The van der Waals surface area contributed by atoms with Gasteiger partial charge >= 0.3 is 5.97 Å². The van der Waals surface area contributed by atoms with E-state index in [0.29, 0.717) is 29.9 Å². The lowest BCUT2D eigenvalue weighted by atomic mass is 10.0. The minimum absolute atomic E-state index is 0.238. The van der Waals surface area contributed by atoms with Crippen LogP contribution in [0.2, 0.25) is 0 Å². The van der Waals surface area contributed by atoms with Gasteiger partial charge in [-0.05, 0) is 61.2 Å². The average Bonchev–Trinajstić information content (AvgIpc) is 2.53. The number of halogens is 1. The zero-order chi connectivity index (χ0) is 17.7. The van der Waals surface area contributed by atoms with Crippen LogP contribution in [0.4, 0.5) is 4.39 Å². The van der Waals surface area contributed by atoms with E-state index in [0.717, 1.165) is 11.1 Å². The van der Waals surface area contributed by atoms with Crippen LogP contribution in [0, 0.1) is 12.7 Å². The van der Waals surface area contributed by atoms with Crippen molar-refractivity contribution in [2.24, 2.45) is 5.73 Å². The van der Waals surface area contributed by atoms with E-state index in [-0.39, 0.29) is 17.8 Å². The number of hydrogen-bond donors (Lipinski definition) is 1. The number of methoxy groups -OCH3 is 1. The predicted octanol–water partition coefficient (Wildman–Crippen LogP) is 4.05. The van der Waals surface area contributed by atoms with Crippen molar-refractivity contribution in [2.75, 3.05) is 7.11 Å². The van der Waals surface area contributed by atoms with Crippen molar-refractivity contribution in [3.8, 4) is 11.5 Å². The molecule has 0 aliphatic heterocycles. The van der Waals surface area contributed by atoms with Gasteiger partial charge in [-0.15, -0.1) is 0 Å². The Hall–Kier alpha value is -2.40. The van der Waals surface area contributed by atoms with Crippen LogP contribution < -0.4 is 10.5 Å². The molecule has 0 unspecified atom stereocenters. The first kappa shape index (κ1) is 17.9. The first-order valence-electron chi connectivity index (χ1n) is 7.79. The van der Waals surface area contributed by atoms with Gasteiger partial charge in [-0.1, -0.05) is 6.07 Å². The Kier molecular flexibility index (Phi) is 5.93. The molecule has 128 valence electrons. The number of benzene rings is 2. The van der Waals surface area contributed by atoms with Crippen molar-refractivity contribution >= 4 is 5.97 Å². The zero-order valence-electron chi connectivity index (χ0n) is 14.1. The third-order valence-corrected chi connectivity index (χ3v) is 3.80. The van der Waals surface area contributed by atoms with Crippen LogP contribution in [-0.4, -0.2) is 13.1 Å². The molecule has 4 nitrogen and oxygen atoms in total. The van der Waals surface area contributed by atoms with Gasteiger partial charge in [0.15, 0.2) is 0 Å². The molecule has 0 saturated heterocycles. The molecule has 2 rings (SSSR count). The fourth-order valence-electron chi connectivity index (χ4n) is 2.39. The number of carbonyl (C=O) groups excluding carboxylic acids is 1. The number of nitrogens with two attached hydrogens (primary N) is 1. The lowest BCUT2D eigenvalue weighted by molar-refractivity contribution is -0.140. The lowest BCUT2D eigenvalue weighted by Crippen LogP contribution is -2.05. The zero-order valence-corrected chi connectivity index (χ0v) is 14.1. The third-order valence-electron chi connectivity index (χ3n) is 3.80. The van der Waals surface area contributed by atoms with Crippen molar-refractivity contribution < 1.29 is 18.7 Å². The molecule has 0 aromatic heterocycles. The maximum Gasteiger partial charge on any atom is 0.305 e. The average molecular weight is 331 g/mol. The Bertz CT molecular complexity index is 729. The van der Waals surface area contributed by atoms with Gasteiger partial charge in [-0.2, -0.15) is 0 Å². The van der Waals surface area contributed by atoms with E-state index < -0.39 is 0 Å². The fraction of sp³-hybridized carbons (Fsp3) is 0.316. The number of aryl methyl sites for hydroxylation is 2. The molecule has 24 heavy (non-hydrogen) atoms. The molecule has 2 N–H and O–H groups in total. The summed E-state index contributed by atoms with van der Waals surface area (Å²) >= 11 is 0. The van der Waals surface area contributed by atoms with Gasteiger partial charge in [0.1, 0.15) is 17.3 Å². The van der Waals surface area contributed by atoms with Crippen molar-refractivity contribution in [3.05, 3.63) is 58.9 Å². The second-order valence-corrected chi connectivity index (χ2v) is 5.78. The summed E-state index contributed by atoms with van der Waals surface area (Å²) in [6.07, 6.45) is 0.937. The van der Waals surface area contributed by atoms with Gasteiger partial charge in [-0.25, -0.2) is 4.39 Å². The van der Waals surface area contributed by atoms with Crippen LogP contribution in [0.5, 0.6) is 11.5 Å². The molecular weight excluding hydrogens is 309 g/mol. The summed E-state index contributed by atoms with van der Waals surface area (Å²) in [5.74, 6) is 0.392. The van der Waals surface area contributed by atoms with Gasteiger partial charge in [0.25, 0.3) is 0 Å². The van der Waals surface area contributed by atoms with Crippen LogP contribution >= 0.6 is 0 Å². The first-order chi connectivity index (χ1) is 11.4. The summed E-state index contributed by atoms with van der Waals surface area (Å²) in [5, 5.41) is 0. The minimum atomic E-state index is -0.383. The summed E-state index contributed by atoms with van der Waals surface area (Å²) in [4.78, 5) is 11.2. The number of ether oxygens (including phenoxy) is 2. The number of rotatable bonds is 6. The molecule has 0 aliphatic rings. The summed E-state index contributed by atoms with van der Waals surface area (Å²) < 4.78 is 24.1. The first-order valence-corrected chi connectivity index (χ1v) is 7.79. The van der Waals surface area contributed by atoms with E-state index in [1.165, 1.54) is 19.2 Å². The maximum atomic E-state index is 13.7. The highest BCUT2D eigenvalue weighted by atomic mass is 19.1. The summed E-state index contributed by atoms with van der Waals surface area (Å²) in [6, 6.07) is 9.75. The topological polar surface area (TPSA) is 61.5 Å². The van der Waals surface area contributed by atoms with E-state index in [1.54, 1.807) is 19.1 Å². The van der Waals surface area contributed by atoms with Crippen LogP contribution in [0.15, 0.2) is 36.4 Å². The second-order valence-electron chi connectivity index (χ2n) is 5.78. The smallest absolute Gasteiger partial charge is 0.305 e. The Morgan fingerprint density at radius 3 is 2.58 bits per heavy atom. The van der Waals surface area contributed by atoms with Gasteiger partial charge in [-0.3, -0.25) is 4.79 Å². The lowest BCUT2D eigenvalue weighted by Gasteiger charge is -2.12. The van der Waals surface area contributed by atoms with Crippen molar-refractivity contribution in [1.29, 1.82) is 0 Å². The molecule has 0 fully saturated rings. The van der Waals surface area contributed by atoms with Crippen LogP contribution in [0.3, 0.4) is 0 Å². The second kappa shape index (κ2) is 7.93. The largest absolute Gasteiger partial charge is 0.469 e. The molecule has 1 atom stereocenters. The molecule has 0 amide bonds. The van der Waals surface area contributed by atoms with Gasteiger partial charge in [0.05, 0.1) is 7.11 Å². The van der Waals surface area contributed by atoms with E-state index in [2.05, 4.69) is 4.74 Å². The van der Waals surface area contributed by atoms with E-state index >= 15 is 0 Å². The molecule has 0 heterocycles. The van der Waals surface area contributed by atoms with E-state index in [1.807, 2.05) is 19.1 Å². The molecule has 0 spiro atoms. The molecule has 0 bridgehead atoms. The highest BCUT2D eigenvalue weighted by molar-refractivity contribution is 5.69. The molecule has 5 heteroatoms. The SMILES string of the molecule is COC(=O)CCc1ccc(Oc2cc(F)cc([C@H](C)N)c2)cc1C. The predicted molar refractivity (Wildman–Crippen MR) is 90.6 cm³/mol. The standard InChI is InChI=1S/C19H22FNO3/c1-12-8-17(6-4-14(12)5-7-19(22)23-3)24-18-10-15(13(2)21)9-16(20)11-18/h4,6,8-11,13H,5,7,21H2,1-3H3/t13-/m0/s1. The number of hydrogen-bond acceptors (Lipinski definition) is 4. The van der Waals surface area contributed by atoms with Gasteiger partial charge in [0, 0.05) is 18.5 Å². The fourth-order valence-corrected chi connectivity index (χ4v) is 2.39.